The van der Waals surface area contributed by atoms with E-state index >= 15 is 0 Å². The molecular weight excluding hydrogens is 324 g/mol. The Morgan fingerprint density at radius 1 is 1.55 bits per heavy atom. The molecule has 20 heavy (non-hydrogen) atoms. The van der Waals surface area contributed by atoms with E-state index in [0.29, 0.717) is 10.4 Å². The lowest BCUT2D eigenvalue weighted by Gasteiger charge is -2.33. The third kappa shape index (κ3) is 3.67. The van der Waals surface area contributed by atoms with E-state index in [1.807, 2.05) is 0 Å². The van der Waals surface area contributed by atoms with Crippen LogP contribution in [-0.2, 0) is 0 Å². The van der Waals surface area contributed by atoms with Crippen molar-refractivity contribution in [3.8, 4) is 0 Å². The maximum atomic E-state index is 10.7. The monoisotopic (exact) mass is 342 g/mol. The Morgan fingerprint density at radius 2 is 2.25 bits per heavy atom. The third-order valence-corrected chi connectivity index (χ3v) is 4.20. The van der Waals surface area contributed by atoms with Gasteiger partial charge in [0, 0.05) is 19.2 Å². The molecule has 0 saturated carbocycles. The fraction of sp³-hybridized carbons (Fsp3) is 0.615. The summed E-state index contributed by atoms with van der Waals surface area (Å²) in [6, 6.07) is 1.52. The number of anilines is 1. The van der Waals surface area contributed by atoms with Crippen molar-refractivity contribution >= 4 is 27.4 Å². The van der Waals surface area contributed by atoms with Crippen LogP contribution in [0.5, 0.6) is 0 Å². The molecule has 1 aliphatic heterocycles. The summed E-state index contributed by atoms with van der Waals surface area (Å²) < 4.78 is 0.692. The van der Waals surface area contributed by atoms with E-state index in [0.717, 1.165) is 44.8 Å². The second kappa shape index (κ2) is 6.99. The van der Waals surface area contributed by atoms with E-state index in [9.17, 15) is 10.1 Å². The number of hydrogen-bond acceptors (Lipinski definition) is 5. The zero-order chi connectivity index (χ0) is 14.5. The van der Waals surface area contributed by atoms with E-state index < -0.39 is 4.92 Å². The lowest BCUT2D eigenvalue weighted by molar-refractivity contribution is -0.385. The molecule has 0 aromatic carbocycles. The first kappa shape index (κ1) is 15.2. The van der Waals surface area contributed by atoms with Crippen molar-refractivity contribution in [2.24, 2.45) is 5.92 Å². The van der Waals surface area contributed by atoms with E-state index in [-0.39, 0.29) is 5.69 Å². The summed E-state index contributed by atoms with van der Waals surface area (Å²) in [4.78, 5) is 16.7. The fourth-order valence-electron chi connectivity index (χ4n) is 2.45. The van der Waals surface area contributed by atoms with Crippen LogP contribution >= 0.6 is 15.9 Å². The van der Waals surface area contributed by atoms with Crippen molar-refractivity contribution in [1.82, 2.24) is 10.3 Å². The minimum Gasteiger partial charge on any atom is -0.356 e. The molecule has 110 valence electrons. The van der Waals surface area contributed by atoms with E-state index in [4.69, 9.17) is 0 Å². The van der Waals surface area contributed by atoms with Gasteiger partial charge in [0.2, 0.25) is 0 Å². The van der Waals surface area contributed by atoms with Gasteiger partial charge in [-0.05, 0) is 47.8 Å². The topological polar surface area (TPSA) is 71.3 Å². The van der Waals surface area contributed by atoms with Gasteiger partial charge < -0.3 is 10.2 Å². The van der Waals surface area contributed by atoms with Crippen molar-refractivity contribution in [3.05, 3.63) is 26.9 Å². The maximum absolute atomic E-state index is 10.7. The van der Waals surface area contributed by atoms with Crippen molar-refractivity contribution in [1.29, 1.82) is 0 Å². The summed E-state index contributed by atoms with van der Waals surface area (Å²) >= 11 is 3.39. The number of nitrogens with zero attached hydrogens (tertiary/aromatic N) is 3. The Labute approximate surface area is 126 Å². The van der Waals surface area contributed by atoms with E-state index in [2.05, 4.69) is 38.1 Å². The second-order valence-electron chi connectivity index (χ2n) is 4.99. The zero-order valence-corrected chi connectivity index (χ0v) is 13.1. The smallest absolute Gasteiger partial charge is 0.288 e. The molecule has 0 bridgehead atoms. The number of pyridine rings is 1. The zero-order valence-electron chi connectivity index (χ0n) is 11.5. The molecule has 0 unspecified atom stereocenters. The number of halogens is 1. The highest BCUT2D eigenvalue weighted by Crippen LogP contribution is 2.30. The molecule has 0 atom stereocenters. The van der Waals surface area contributed by atoms with Crippen LogP contribution in [0.3, 0.4) is 0 Å². The summed E-state index contributed by atoms with van der Waals surface area (Å²) in [5, 5.41) is 14.1. The quantitative estimate of drug-likeness (QED) is 0.657. The Morgan fingerprint density at radius 3 is 2.80 bits per heavy atom. The fourth-order valence-corrected chi connectivity index (χ4v) is 3.04. The van der Waals surface area contributed by atoms with Gasteiger partial charge in [-0.15, -0.1) is 0 Å². The largest absolute Gasteiger partial charge is 0.356 e. The molecule has 0 radical (unpaired) electrons. The first-order chi connectivity index (χ1) is 9.61. The van der Waals surface area contributed by atoms with Gasteiger partial charge >= 0.3 is 0 Å². The molecule has 7 heteroatoms. The minimum atomic E-state index is -0.426. The molecule has 2 heterocycles. The molecule has 1 aromatic rings. The highest BCUT2D eigenvalue weighted by molar-refractivity contribution is 9.10. The minimum absolute atomic E-state index is 0.0163. The molecule has 1 N–H and O–H groups in total. The lowest BCUT2D eigenvalue weighted by Crippen LogP contribution is -2.37. The predicted octanol–water partition coefficient (Wildman–Crippen LogP) is 2.58. The summed E-state index contributed by atoms with van der Waals surface area (Å²) in [6.07, 6.45) is 3.57. The van der Waals surface area contributed by atoms with Gasteiger partial charge in [0.1, 0.15) is 12.0 Å². The molecule has 1 fully saturated rings. The maximum Gasteiger partial charge on any atom is 0.288 e. The molecule has 0 amide bonds. The first-order valence-corrected chi connectivity index (χ1v) is 7.66. The third-order valence-electron chi connectivity index (χ3n) is 3.62. The van der Waals surface area contributed by atoms with Crippen molar-refractivity contribution in [2.45, 2.75) is 19.8 Å². The summed E-state index contributed by atoms with van der Waals surface area (Å²) in [5.74, 6) is 1.51. The SMILES string of the molecule is CCNCC1CCN(c2ncc([N+](=O)[O-])cc2Br)CC1. The van der Waals surface area contributed by atoms with Crippen LogP contribution in [0.2, 0.25) is 0 Å². The number of nitrogens with one attached hydrogen (secondary N) is 1. The Bertz CT molecular complexity index is 475. The van der Waals surface area contributed by atoms with Crippen LogP contribution in [0.25, 0.3) is 0 Å². The highest BCUT2D eigenvalue weighted by Gasteiger charge is 2.22. The number of aromatic nitrogens is 1. The van der Waals surface area contributed by atoms with Gasteiger partial charge in [-0.2, -0.15) is 0 Å². The number of piperidine rings is 1. The average molecular weight is 343 g/mol. The lowest BCUT2D eigenvalue weighted by atomic mass is 9.97. The molecular formula is C13H19BrN4O2. The van der Waals surface area contributed by atoms with Crippen LogP contribution in [0.15, 0.2) is 16.7 Å². The standard InChI is InChI=1S/C13H19BrN4O2/c1-2-15-8-10-3-5-17(6-4-10)13-12(14)7-11(9-16-13)18(19)20/h7,9-10,15H,2-6,8H2,1H3. The molecule has 1 aromatic heterocycles. The molecule has 6 nitrogen and oxygen atoms in total. The van der Waals surface area contributed by atoms with Gasteiger partial charge in [0.25, 0.3) is 5.69 Å². The Kier molecular flexibility index (Phi) is 5.31. The van der Waals surface area contributed by atoms with Crippen molar-refractivity contribution in [2.75, 3.05) is 31.1 Å². The molecule has 1 saturated heterocycles. The average Bonchev–Trinajstić information content (AvgIpc) is 2.45. The molecule has 2 rings (SSSR count). The van der Waals surface area contributed by atoms with E-state index in [1.165, 1.54) is 12.3 Å². The van der Waals surface area contributed by atoms with Gasteiger partial charge in [-0.3, -0.25) is 10.1 Å². The highest BCUT2D eigenvalue weighted by atomic mass is 79.9. The van der Waals surface area contributed by atoms with Gasteiger partial charge in [-0.1, -0.05) is 6.92 Å². The second-order valence-corrected chi connectivity index (χ2v) is 5.85. The van der Waals surface area contributed by atoms with Gasteiger partial charge in [-0.25, -0.2) is 4.98 Å². The number of rotatable bonds is 5. The van der Waals surface area contributed by atoms with Crippen LogP contribution < -0.4 is 10.2 Å². The summed E-state index contributed by atoms with van der Waals surface area (Å²) in [5.41, 5.74) is 0.0163. The Balaban J connectivity index is 1.98. The summed E-state index contributed by atoms with van der Waals surface area (Å²) in [6.45, 7) is 6.08. The Hall–Kier alpha value is -1.21. The predicted molar refractivity (Wildman–Crippen MR) is 82.1 cm³/mol. The van der Waals surface area contributed by atoms with Crippen molar-refractivity contribution in [3.63, 3.8) is 0 Å². The van der Waals surface area contributed by atoms with E-state index in [1.54, 1.807) is 0 Å². The van der Waals surface area contributed by atoms with Crippen LogP contribution in [0.1, 0.15) is 19.8 Å². The molecule has 0 aliphatic carbocycles. The molecule has 1 aliphatic rings. The number of hydrogen-bond donors (Lipinski definition) is 1. The first-order valence-electron chi connectivity index (χ1n) is 6.87. The van der Waals surface area contributed by atoms with Crippen LogP contribution in [0, 0.1) is 16.0 Å². The van der Waals surface area contributed by atoms with Crippen molar-refractivity contribution < 1.29 is 4.92 Å². The van der Waals surface area contributed by atoms with Gasteiger partial charge in [0.05, 0.1) is 9.40 Å². The molecule has 0 spiro atoms. The van der Waals surface area contributed by atoms with Crippen LogP contribution in [0.4, 0.5) is 11.5 Å². The van der Waals surface area contributed by atoms with Gasteiger partial charge in [0.15, 0.2) is 0 Å². The normalized spacial score (nSPS) is 16.4. The summed E-state index contributed by atoms with van der Waals surface area (Å²) in [7, 11) is 0. The number of nitro groups is 1. The van der Waals surface area contributed by atoms with Crippen LogP contribution in [-0.4, -0.2) is 36.1 Å².